The third-order valence-electron chi connectivity index (χ3n) is 4.66. The van der Waals surface area contributed by atoms with Crippen LogP contribution in [-0.4, -0.2) is 25.1 Å². The van der Waals surface area contributed by atoms with E-state index in [2.05, 4.69) is 10.3 Å². The quantitative estimate of drug-likeness (QED) is 0.420. The average Bonchev–Trinajstić information content (AvgIpc) is 2.72. The minimum Gasteiger partial charge on any atom is -0.497 e. The highest BCUT2D eigenvalue weighted by Crippen LogP contribution is 2.27. The Bertz CT molecular complexity index is 1310. The maximum absolute atomic E-state index is 12.8. The number of aryl methyl sites for hydroxylation is 1. The summed E-state index contributed by atoms with van der Waals surface area (Å²) in [5.41, 5.74) is 1.46. The first-order valence-electron chi connectivity index (χ1n) is 8.88. The maximum Gasteiger partial charge on any atom is 0.346 e. The number of benzene rings is 2. The summed E-state index contributed by atoms with van der Waals surface area (Å²) in [6.07, 6.45) is 0. The highest BCUT2D eigenvalue weighted by molar-refractivity contribution is 6.08. The monoisotopic (exact) mass is 390 g/mol. The normalized spacial score (nSPS) is 10.9. The van der Waals surface area contributed by atoms with Crippen molar-refractivity contribution in [2.24, 2.45) is 0 Å². The van der Waals surface area contributed by atoms with E-state index in [1.807, 2.05) is 12.1 Å². The van der Waals surface area contributed by atoms with Crippen LogP contribution in [-0.2, 0) is 0 Å². The van der Waals surface area contributed by atoms with E-state index in [0.717, 1.165) is 0 Å². The molecule has 0 aliphatic carbocycles. The molecule has 1 N–H and O–H groups in total. The maximum atomic E-state index is 12.8. The van der Waals surface area contributed by atoms with Crippen molar-refractivity contribution in [1.29, 1.82) is 0 Å². The van der Waals surface area contributed by atoms with Crippen LogP contribution in [0.3, 0.4) is 0 Å². The highest BCUT2D eigenvalue weighted by Gasteiger charge is 2.17. The molecule has 146 valence electrons. The third kappa shape index (κ3) is 3.27. The molecule has 29 heavy (non-hydrogen) atoms. The summed E-state index contributed by atoms with van der Waals surface area (Å²) in [7, 11) is 3.02. The number of aromatic nitrogens is 1. The number of nitrogens with one attached hydrogen (secondary N) is 1. The first kappa shape index (κ1) is 18.5. The second-order valence-corrected chi connectivity index (χ2v) is 6.45. The Morgan fingerprint density at radius 1 is 1.07 bits per heavy atom. The Morgan fingerprint density at radius 3 is 2.62 bits per heavy atom. The molecular weight excluding hydrogens is 372 g/mol. The lowest BCUT2D eigenvalue weighted by Gasteiger charge is -2.12. The van der Waals surface area contributed by atoms with Crippen molar-refractivity contribution < 1.29 is 18.7 Å². The van der Waals surface area contributed by atoms with Gasteiger partial charge in [-0.3, -0.25) is 4.79 Å². The average molecular weight is 390 g/mol. The van der Waals surface area contributed by atoms with Crippen LogP contribution in [0.25, 0.3) is 21.9 Å². The van der Waals surface area contributed by atoms with E-state index in [1.165, 1.54) is 14.2 Å². The number of nitrogens with zero attached hydrogens (tertiary/aromatic N) is 1. The molecule has 2 aromatic carbocycles. The predicted molar refractivity (Wildman–Crippen MR) is 110 cm³/mol. The summed E-state index contributed by atoms with van der Waals surface area (Å²) in [4.78, 5) is 29.7. The van der Waals surface area contributed by atoms with Gasteiger partial charge in [-0.25, -0.2) is 9.78 Å². The Kier molecular flexibility index (Phi) is 4.64. The molecule has 0 saturated carbocycles. The third-order valence-corrected chi connectivity index (χ3v) is 4.66. The van der Waals surface area contributed by atoms with Crippen LogP contribution in [0.4, 0.5) is 5.82 Å². The van der Waals surface area contributed by atoms with Crippen molar-refractivity contribution in [2.45, 2.75) is 6.92 Å². The summed E-state index contributed by atoms with van der Waals surface area (Å²) in [6, 6.07) is 13.7. The van der Waals surface area contributed by atoms with Gasteiger partial charge in [0.1, 0.15) is 22.9 Å². The lowest BCUT2D eigenvalue weighted by molar-refractivity contribution is 0.102. The minimum atomic E-state index is -0.460. The summed E-state index contributed by atoms with van der Waals surface area (Å²) in [5, 5.41) is 3.87. The van der Waals surface area contributed by atoms with Gasteiger partial charge in [-0.15, -0.1) is 0 Å². The molecule has 0 spiro atoms. The number of rotatable bonds is 4. The number of ether oxygens (including phenoxy) is 2. The molecule has 0 atom stereocenters. The fourth-order valence-corrected chi connectivity index (χ4v) is 3.26. The van der Waals surface area contributed by atoms with Crippen LogP contribution in [0.5, 0.6) is 11.5 Å². The van der Waals surface area contributed by atoms with E-state index in [9.17, 15) is 9.59 Å². The van der Waals surface area contributed by atoms with Crippen molar-refractivity contribution in [1.82, 2.24) is 4.98 Å². The van der Waals surface area contributed by atoms with Gasteiger partial charge in [0.25, 0.3) is 5.91 Å². The number of carbonyl (C=O) groups excluding carboxylic acids is 1. The number of para-hydroxylation sites is 1. The Morgan fingerprint density at radius 2 is 1.86 bits per heavy atom. The zero-order chi connectivity index (χ0) is 20.5. The second-order valence-electron chi connectivity index (χ2n) is 6.45. The van der Waals surface area contributed by atoms with Crippen molar-refractivity contribution in [3.63, 3.8) is 0 Å². The minimum absolute atomic E-state index is 0.327. The lowest BCUT2D eigenvalue weighted by Crippen LogP contribution is -2.15. The molecule has 0 bridgehead atoms. The molecule has 4 rings (SSSR count). The van der Waals surface area contributed by atoms with Gasteiger partial charge in [0, 0.05) is 11.5 Å². The molecular formula is C22H18N2O5. The van der Waals surface area contributed by atoms with Crippen molar-refractivity contribution in [3.8, 4) is 11.5 Å². The van der Waals surface area contributed by atoms with Crippen LogP contribution in [0.15, 0.2) is 57.7 Å². The smallest absolute Gasteiger partial charge is 0.346 e. The standard InChI is InChI=1S/C22H18N2O5/c1-12-10-18(24-21(25)15-9-8-13(27-2)11-17(15)28-3)23-20-14-6-4-5-7-16(14)29-22(26)19(12)20/h4-11H,1-3H3,(H,23,24,25). The van der Waals surface area contributed by atoms with E-state index in [0.29, 0.717) is 50.3 Å². The van der Waals surface area contributed by atoms with E-state index < -0.39 is 5.63 Å². The molecule has 0 unspecified atom stereocenters. The first-order valence-corrected chi connectivity index (χ1v) is 8.88. The molecule has 1 amide bonds. The highest BCUT2D eigenvalue weighted by atomic mass is 16.5. The number of pyridine rings is 1. The van der Waals surface area contributed by atoms with Crippen molar-refractivity contribution in [2.75, 3.05) is 19.5 Å². The first-order chi connectivity index (χ1) is 14.0. The predicted octanol–water partition coefficient (Wildman–Crippen LogP) is 3.92. The van der Waals surface area contributed by atoms with Gasteiger partial charge < -0.3 is 19.2 Å². The molecule has 2 aromatic heterocycles. The molecule has 7 heteroatoms. The Balaban J connectivity index is 1.80. The van der Waals surface area contributed by atoms with E-state index in [-0.39, 0.29) is 5.91 Å². The molecule has 0 fully saturated rings. The Hall–Kier alpha value is -3.87. The zero-order valence-corrected chi connectivity index (χ0v) is 16.1. The molecule has 0 aliphatic heterocycles. The number of anilines is 1. The van der Waals surface area contributed by atoms with Gasteiger partial charge >= 0.3 is 5.63 Å². The van der Waals surface area contributed by atoms with Crippen LogP contribution < -0.4 is 20.4 Å². The molecule has 0 saturated heterocycles. The lowest BCUT2D eigenvalue weighted by atomic mass is 10.1. The van der Waals surface area contributed by atoms with E-state index >= 15 is 0 Å². The van der Waals surface area contributed by atoms with Crippen molar-refractivity contribution in [3.05, 3.63) is 70.1 Å². The van der Waals surface area contributed by atoms with Crippen LogP contribution in [0.2, 0.25) is 0 Å². The summed E-state index contributed by atoms with van der Waals surface area (Å²) in [6.45, 7) is 1.78. The van der Waals surface area contributed by atoms with Gasteiger partial charge in [0.05, 0.1) is 30.7 Å². The van der Waals surface area contributed by atoms with Gasteiger partial charge in [0.2, 0.25) is 0 Å². The van der Waals surface area contributed by atoms with Gasteiger partial charge in [-0.1, -0.05) is 12.1 Å². The number of amides is 1. The number of hydrogen-bond acceptors (Lipinski definition) is 6. The SMILES string of the molecule is COc1ccc(C(=O)Nc2cc(C)c3c(=O)oc4ccccc4c3n2)c(OC)c1. The van der Waals surface area contributed by atoms with Crippen LogP contribution >= 0.6 is 0 Å². The summed E-state index contributed by atoms with van der Waals surface area (Å²) >= 11 is 0. The Labute approximate surface area is 165 Å². The fourth-order valence-electron chi connectivity index (χ4n) is 3.26. The van der Waals surface area contributed by atoms with E-state index in [1.54, 1.807) is 43.3 Å². The molecule has 7 nitrogen and oxygen atoms in total. The molecule has 4 aromatic rings. The van der Waals surface area contributed by atoms with Crippen LogP contribution in [0, 0.1) is 6.92 Å². The number of hydrogen-bond donors (Lipinski definition) is 1. The topological polar surface area (TPSA) is 90.7 Å². The number of carbonyl (C=O) groups is 1. The fraction of sp³-hybridized carbons (Fsp3) is 0.136. The summed E-state index contributed by atoms with van der Waals surface area (Å²) in [5.74, 6) is 0.901. The molecule has 0 aliphatic rings. The van der Waals surface area contributed by atoms with Crippen molar-refractivity contribution >= 4 is 33.6 Å². The second kappa shape index (κ2) is 7.27. The number of fused-ring (bicyclic) bond motifs is 3. The molecule has 2 heterocycles. The van der Waals surface area contributed by atoms with Gasteiger partial charge in [0.15, 0.2) is 0 Å². The number of methoxy groups -OCH3 is 2. The zero-order valence-electron chi connectivity index (χ0n) is 16.1. The largest absolute Gasteiger partial charge is 0.497 e. The van der Waals surface area contributed by atoms with Crippen LogP contribution in [0.1, 0.15) is 15.9 Å². The molecule has 0 radical (unpaired) electrons. The summed E-state index contributed by atoms with van der Waals surface area (Å²) < 4.78 is 15.8. The van der Waals surface area contributed by atoms with E-state index in [4.69, 9.17) is 13.9 Å². The van der Waals surface area contributed by atoms with Gasteiger partial charge in [-0.05, 0) is 42.8 Å². The van der Waals surface area contributed by atoms with Gasteiger partial charge in [-0.2, -0.15) is 0 Å².